The monoisotopic (exact) mass is 649 g/mol. The average molecular weight is 650 g/mol. The van der Waals surface area contributed by atoms with Crippen molar-refractivity contribution in [2.45, 2.75) is 32.7 Å². The number of aliphatic hydroxyl groups excluding tert-OH is 1. The zero-order valence-electron chi connectivity index (χ0n) is 26.1. The van der Waals surface area contributed by atoms with Crippen molar-refractivity contribution >= 4 is 23.9 Å². The summed E-state index contributed by atoms with van der Waals surface area (Å²) in [6, 6.07) is 15.5. The van der Waals surface area contributed by atoms with E-state index in [1.807, 2.05) is 30.3 Å². The van der Waals surface area contributed by atoms with Crippen molar-refractivity contribution in [3.8, 4) is 23.0 Å². The number of ether oxygens (including phenoxy) is 5. The van der Waals surface area contributed by atoms with E-state index < -0.39 is 29.2 Å². The van der Waals surface area contributed by atoms with E-state index in [9.17, 15) is 24.8 Å². The third-order valence-corrected chi connectivity index (χ3v) is 6.85. The first-order valence-corrected chi connectivity index (χ1v) is 14.4. The maximum absolute atomic E-state index is 12.5. The van der Waals surface area contributed by atoms with Gasteiger partial charge in [-0.1, -0.05) is 36.4 Å². The third-order valence-electron chi connectivity index (χ3n) is 6.85. The summed E-state index contributed by atoms with van der Waals surface area (Å²) >= 11 is 0. The number of nitrogens with zero attached hydrogens (tertiary/aromatic N) is 2. The van der Waals surface area contributed by atoms with Crippen LogP contribution in [-0.2, 0) is 16.1 Å². The first-order valence-electron chi connectivity index (χ1n) is 14.4. The zero-order chi connectivity index (χ0) is 33.9. The van der Waals surface area contributed by atoms with Gasteiger partial charge in [0.25, 0.3) is 5.69 Å². The zero-order valence-corrected chi connectivity index (χ0v) is 26.1. The van der Waals surface area contributed by atoms with Gasteiger partial charge in [0.1, 0.15) is 13.2 Å². The molecule has 0 saturated carbocycles. The summed E-state index contributed by atoms with van der Waals surface area (Å²) in [5, 5.41) is 31.5. The number of esters is 1. The highest BCUT2D eigenvalue weighted by molar-refractivity contribution is 5.95. The maximum Gasteiger partial charge on any atom is 0.337 e. The van der Waals surface area contributed by atoms with Crippen LogP contribution in [-0.4, -0.2) is 61.9 Å². The lowest BCUT2D eigenvalue weighted by atomic mass is 9.95. The summed E-state index contributed by atoms with van der Waals surface area (Å²) in [6.45, 7) is 3.55. The van der Waals surface area contributed by atoms with Gasteiger partial charge in [-0.15, -0.1) is 0 Å². The van der Waals surface area contributed by atoms with Gasteiger partial charge in [0, 0.05) is 5.70 Å². The quantitative estimate of drug-likeness (QED) is 0.0617. The molecule has 0 aliphatic carbocycles. The predicted octanol–water partition coefficient (Wildman–Crippen LogP) is 3.70. The van der Waals surface area contributed by atoms with Gasteiger partial charge in [-0.25, -0.2) is 9.59 Å². The van der Waals surface area contributed by atoms with Crippen molar-refractivity contribution in [3.63, 3.8) is 0 Å². The van der Waals surface area contributed by atoms with Gasteiger partial charge in [-0.05, 0) is 43.2 Å². The van der Waals surface area contributed by atoms with Crippen LogP contribution >= 0.6 is 0 Å². The van der Waals surface area contributed by atoms with E-state index in [2.05, 4.69) is 21.2 Å². The van der Waals surface area contributed by atoms with Crippen LogP contribution in [0.15, 0.2) is 77.0 Å². The number of nitrogens with one attached hydrogen (secondary N) is 3. The van der Waals surface area contributed by atoms with Gasteiger partial charge in [-0.2, -0.15) is 5.10 Å². The topological polar surface area (TPSA) is 192 Å². The molecular weight excluding hydrogens is 614 g/mol. The molecule has 4 N–H and O–H groups in total. The smallest absolute Gasteiger partial charge is 0.337 e. The third kappa shape index (κ3) is 8.67. The van der Waals surface area contributed by atoms with Gasteiger partial charge in [-0.3, -0.25) is 15.5 Å². The standard InChI is InChI=1S/C32H35N5O10/c1-5-45-26-13-21(30-29(31(39)44-4)19(2)34-32(40)35-30)11-12-24(26)47-18-28(38)36-33-16-22-14-25(43-3)27(15-23(22)37(41)42)46-17-20-9-7-6-8-10-20/h6-16,28,30,36,38H,5,17-18H2,1-4H3,(H2,34,35,40)/b33-16-/t28-,30+/m0/s1. The molecule has 47 heavy (non-hydrogen) atoms. The van der Waals surface area contributed by atoms with E-state index >= 15 is 0 Å². The van der Waals surface area contributed by atoms with Crippen LogP contribution in [0.3, 0.4) is 0 Å². The molecule has 0 fully saturated rings. The molecule has 248 valence electrons. The Morgan fingerprint density at radius 2 is 1.81 bits per heavy atom. The molecule has 3 aromatic carbocycles. The van der Waals surface area contributed by atoms with Gasteiger partial charge < -0.3 is 39.4 Å². The summed E-state index contributed by atoms with van der Waals surface area (Å²) < 4.78 is 27.5. The molecule has 0 aromatic heterocycles. The van der Waals surface area contributed by atoms with E-state index in [0.29, 0.717) is 17.0 Å². The van der Waals surface area contributed by atoms with Crippen molar-refractivity contribution in [1.82, 2.24) is 16.1 Å². The lowest BCUT2D eigenvalue weighted by Gasteiger charge is -2.28. The molecular formula is C32H35N5O10. The Morgan fingerprint density at radius 1 is 1.06 bits per heavy atom. The minimum atomic E-state index is -1.32. The second-order valence-corrected chi connectivity index (χ2v) is 10.0. The maximum atomic E-state index is 12.5. The largest absolute Gasteiger partial charge is 0.493 e. The van der Waals surface area contributed by atoms with Crippen LogP contribution in [0.4, 0.5) is 10.5 Å². The van der Waals surface area contributed by atoms with Crippen LogP contribution in [0.1, 0.15) is 36.6 Å². The average Bonchev–Trinajstić information content (AvgIpc) is 3.06. The summed E-state index contributed by atoms with van der Waals surface area (Å²) in [5.41, 5.74) is 4.29. The molecule has 2 atom stereocenters. The van der Waals surface area contributed by atoms with Crippen molar-refractivity contribution in [2.24, 2.45) is 5.10 Å². The lowest BCUT2D eigenvalue weighted by Crippen LogP contribution is -2.45. The number of nitro groups is 1. The highest BCUT2D eigenvalue weighted by Crippen LogP contribution is 2.36. The number of carbonyl (C=O) groups is 2. The van der Waals surface area contributed by atoms with Crippen LogP contribution in [0.2, 0.25) is 0 Å². The number of allylic oxidation sites excluding steroid dienone is 1. The highest BCUT2D eigenvalue weighted by atomic mass is 16.6. The van der Waals surface area contributed by atoms with Crippen LogP contribution in [0.5, 0.6) is 23.0 Å². The normalized spacial score (nSPS) is 14.9. The molecule has 4 rings (SSSR count). The first kappa shape index (κ1) is 34.1. The molecule has 0 unspecified atom stereocenters. The molecule has 0 saturated heterocycles. The van der Waals surface area contributed by atoms with E-state index in [1.54, 1.807) is 32.0 Å². The number of hydrogen-bond acceptors (Lipinski definition) is 12. The number of hydrazone groups is 1. The summed E-state index contributed by atoms with van der Waals surface area (Å²) in [5.74, 6) is 0.411. The Morgan fingerprint density at radius 3 is 2.49 bits per heavy atom. The number of urea groups is 1. The van der Waals surface area contributed by atoms with Crippen molar-refractivity contribution in [1.29, 1.82) is 0 Å². The minimum absolute atomic E-state index is 0.106. The summed E-state index contributed by atoms with van der Waals surface area (Å²) in [6.07, 6.45) is -0.150. The fourth-order valence-corrected chi connectivity index (χ4v) is 4.65. The van der Waals surface area contributed by atoms with Crippen molar-refractivity contribution in [3.05, 3.63) is 98.7 Å². The molecule has 15 heteroatoms. The number of hydrogen-bond donors (Lipinski definition) is 4. The van der Waals surface area contributed by atoms with Gasteiger partial charge >= 0.3 is 12.0 Å². The van der Waals surface area contributed by atoms with E-state index in [1.165, 1.54) is 32.6 Å². The molecule has 0 bridgehead atoms. The van der Waals surface area contributed by atoms with Crippen LogP contribution < -0.4 is 35.0 Å². The second-order valence-electron chi connectivity index (χ2n) is 10.0. The predicted molar refractivity (Wildman–Crippen MR) is 169 cm³/mol. The molecule has 15 nitrogen and oxygen atoms in total. The van der Waals surface area contributed by atoms with E-state index in [4.69, 9.17) is 23.7 Å². The minimum Gasteiger partial charge on any atom is -0.493 e. The second kappa shape index (κ2) is 15.9. The SMILES string of the molecule is CCOc1cc([C@H]2NC(=O)NC(C)=C2C(=O)OC)ccc1OC[C@H](O)N/N=C\c1cc(OC)c(OCc2ccccc2)cc1[N+](=O)[O-]. The molecule has 0 radical (unpaired) electrons. The number of benzene rings is 3. The van der Waals surface area contributed by atoms with Crippen LogP contribution in [0.25, 0.3) is 0 Å². The number of amides is 2. The number of nitro benzene ring substituents is 1. The fraction of sp³-hybridized carbons (Fsp3) is 0.281. The Labute approximate surface area is 270 Å². The van der Waals surface area contributed by atoms with Crippen molar-refractivity contribution < 1.29 is 43.3 Å². The number of methoxy groups -OCH3 is 2. The van der Waals surface area contributed by atoms with Gasteiger partial charge in [0.05, 0.1) is 55.2 Å². The van der Waals surface area contributed by atoms with Gasteiger partial charge in [0.15, 0.2) is 29.2 Å². The molecule has 3 aromatic rings. The molecule has 1 aliphatic rings. The molecule has 2 amide bonds. The highest BCUT2D eigenvalue weighted by Gasteiger charge is 2.32. The number of carbonyl (C=O) groups excluding carboxylic acids is 2. The summed E-state index contributed by atoms with van der Waals surface area (Å²) in [4.78, 5) is 35.9. The number of rotatable bonds is 15. The van der Waals surface area contributed by atoms with E-state index in [0.717, 1.165) is 5.56 Å². The van der Waals surface area contributed by atoms with E-state index in [-0.39, 0.29) is 53.9 Å². The molecule has 1 heterocycles. The Hall–Kier alpha value is -5.83. The Kier molecular flexibility index (Phi) is 11.6. The number of aliphatic hydroxyl groups is 1. The van der Waals surface area contributed by atoms with Crippen LogP contribution in [0, 0.1) is 10.1 Å². The first-order chi connectivity index (χ1) is 22.6. The Bertz CT molecular complexity index is 1660. The lowest BCUT2D eigenvalue weighted by molar-refractivity contribution is -0.385. The van der Waals surface area contributed by atoms with Crippen molar-refractivity contribution in [2.75, 3.05) is 27.4 Å². The Balaban J connectivity index is 1.44. The van der Waals surface area contributed by atoms with Gasteiger partial charge in [0.2, 0.25) is 0 Å². The molecule has 1 aliphatic heterocycles. The molecule has 0 spiro atoms. The summed E-state index contributed by atoms with van der Waals surface area (Å²) in [7, 11) is 2.66. The fourth-order valence-electron chi connectivity index (χ4n) is 4.65.